The molecule has 0 bridgehead atoms. The van der Waals surface area contributed by atoms with E-state index < -0.39 is 15.8 Å². The Kier molecular flexibility index (Phi) is 6.36. The molecule has 1 aromatic rings. The second-order valence-corrected chi connectivity index (χ2v) is 6.71. The molecule has 0 heterocycles. The standard InChI is InChI=1S/C14H19NO5S/c1-2-10-21(19,20)12-7-5-11(6-8-12)14(18)15-9-3-4-13(16)17/h5-8H,2-4,9-10H2,1H3,(H,15,18)(H,16,17). The number of nitrogens with one attached hydrogen (secondary N) is 1. The maximum Gasteiger partial charge on any atom is 0.303 e. The van der Waals surface area contributed by atoms with Crippen molar-refractivity contribution in [3.05, 3.63) is 29.8 Å². The van der Waals surface area contributed by atoms with E-state index in [9.17, 15) is 18.0 Å². The largest absolute Gasteiger partial charge is 0.481 e. The van der Waals surface area contributed by atoms with Gasteiger partial charge in [0.2, 0.25) is 0 Å². The number of hydrogen-bond donors (Lipinski definition) is 2. The van der Waals surface area contributed by atoms with E-state index in [2.05, 4.69) is 5.32 Å². The molecule has 0 aliphatic rings. The quantitative estimate of drug-likeness (QED) is 0.708. The number of hydrogen-bond acceptors (Lipinski definition) is 4. The van der Waals surface area contributed by atoms with Crippen molar-refractivity contribution in [2.45, 2.75) is 31.1 Å². The number of carbonyl (C=O) groups excluding carboxylic acids is 1. The third kappa shape index (κ3) is 5.55. The Labute approximate surface area is 124 Å². The summed E-state index contributed by atoms with van der Waals surface area (Å²) in [6, 6.07) is 5.73. The van der Waals surface area contributed by atoms with Gasteiger partial charge in [0.15, 0.2) is 9.84 Å². The Balaban J connectivity index is 2.61. The van der Waals surface area contributed by atoms with Gasteiger partial charge in [-0.15, -0.1) is 0 Å². The van der Waals surface area contributed by atoms with E-state index in [1.165, 1.54) is 24.3 Å². The Hall–Kier alpha value is -1.89. The Bertz CT molecular complexity index is 592. The van der Waals surface area contributed by atoms with Crippen LogP contribution in [0, 0.1) is 0 Å². The van der Waals surface area contributed by atoms with Gasteiger partial charge in [0, 0.05) is 18.5 Å². The minimum Gasteiger partial charge on any atom is -0.481 e. The lowest BCUT2D eigenvalue weighted by Crippen LogP contribution is -2.24. The molecule has 7 heteroatoms. The lowest BCUT2D eigenvalue weighted by Gasteiger charge is -2.06. The van der Waals surface area contributed by atoms with Gasteiger partial charge in [0.25, 0.3) is 5.91 Å². The number of carbonyl (C=O) groups is 2. The molecule has 1 rings (SSSR count). The second kappa shape index (κ2) is 7.78. The van der Waals surface area contributed by atoms with Crippen LogP contribution in [0.3, 0.4) is 0 Å². The van der Waals surface area contributed by atoms with E-state index >= 15 is 0 Å². The van der Waals surface area contributed by atoms with Gasteiger partial charge in [-0.1, -0.05) is 6.92 Å². The summed E-state index contributed by atoms with van der Waals surface area (Å²) in [5, 5.41) is 11.1. The molecule has 116 valence electrons. The van der Waals surface area contributed by atoms with Crippen molar-refractivity contribution in [2.24, 2.45) is 0 Å². The van der Waals surface area contributed by atoms with Gasteiger partial charge in [-0.2, -0.15) is 0 Å². The zero-order valence-corrected chi connectivity index (χ0v) is 12.6. The van der Waals surface area contributed by atoms with Gasteiger partial charge in [-0.3, -0.25) is 9.59 Å². The van der Waals surface area contributed by atoms with E-state index in [1.807, 2.05) is 0 Å². The van der Waals surface area contributed by atoms with E-state index in [0.29, 0.717) is 18.4 Å². The predicted octanol–water partition coefficient (Wildman–Crippen LogP) is 1.46. The molecule has 0 atom stereocenters. The van der Waals surface area contributed by atoms with Crippen molar-refractivity contribution in [3.63, 3.8) is 0 Å². The molecule has 0 fully saturated rings. The normalized spacial score (nSPS) is 11.1. The summed E-state index contributed by atoms with van der Waals surface area (Å²) < 4.78 is 23.7. The molecule has 1 aromatic carbocycles. The first-order chi connectivity index (χ1) is 9.86. The molecule has 0 spiro atoms. The molecule has 0 radical (unpaired) electrons. The Morgan fingerprint density at radius 2 is 1.81 bits per heavy atom. The minimum absolute atomic E-state index is 0.00548. The highest BCUT2D eigenvalue weighted by Gasteiger charge is 2.14. The third-order valence-corrected chi connectivity index (χ3v) is 4.74. The van der Waals surface area contributed by atoms with Crippen molar-refractivity contribution in [3.8, 4) is 0 Å². The average molecular weight is 313 g/mol. The molecule has 0 saturated heterocycles. The van der Waals surface area contributed by atoms with Crippen LogP contribution in [-0.4, -0.2) is 37.7 Å². The van der Waals surface area contributed by atoms with Crippen LogP contribution in [0.2, 0.25) is 0 Å². The van der Waals surface area contributed by atoms with Gasteiger partial charge < -0.3 is 10.4 Å². The molecule has 0 aromatic heterocycles. The lowest BCUT2D eigenvalue weighted by atomic mass is 10.2. The molecular weight excluding hydrogens is 294 g/mol. The number of amides is 1. The smallest absolute Gasteiger partial charge is 0.303 e. The maximum atomic E-state index is 11.8. The zero-order valence-electron chi connectivity index (χ0n) is 11.8. The first-order valence-electron chi connectivity index (χ1n) is 6.69. The first kappa shape index (κ1) is 17.2. The van der Waals surface area contributed by atoms with Gasteiger partial charge in [0.1, 0.15) is 0 Å². The molecular formula is C14H19NO5S. The monoisotopic (exact) mass is 313 g/mol. The van der Waals surface area contributed by atoms with Crippen LogP contribution < -0.4 is 5.32 Å². The van der Waals surface area contributed by atoms with E-state index in [4.69, 9.17) is 5.11 Å². The van der Waals surface area contributed by atoms with Crippen molar-refractivity contribution in [1.82, 2.24) is 5.32 Å². The SMILES string of the molecule is CCCS(=O)(=O)c1ccc(C(=O)NCCCC(=O)O)cc1. The van der Waals surface area contributed by atoms with E-state index in [0.717, 1.165) is 0 Å². The molecule has 0 aliphatic carbocycles. The summed E-state index contributed by atoms with van der Waals surface area (Å²) in [6.45, 7) is 2.05. The van der Waals surface area contributed by atoms with Crippen molar-refractivity contribution < 1.29 is 23.1 Å². The molecule has 0 saturated carbocycles. The zero-order chi connectivity index (χ0) is 15.9. The Morgan fingerprint density at radius 1 is 1.19 bits per heavy atom. The Morgan fingerprint density at radius 3 is 2.33 bits per heavy atom. The van der Waals surface area contributed by atoms with E-state index in [1.54, 1.807) is 6.92 Å². The van der Waals surface area contributed by atoms with Crippen LogP contribution in [0.15, 0.2) is 29.2 Å². The molecule has 1 amide bonds. The average Bonchev–Trinajstić information content (AvgIpc) is 2.43. The van der Waals surface area contributed by atoms with Crippen LogP contribution in [0.25, 0.3) is 0 Å². The fourth-order valence-electron chi connectivity index (χ4n) is 1.74. The summed E-state index contributed by atoms with van der Waals surface area (Å²) >= 11 is 0. The highest BCUT2D eigenvalue weighted by atomic mass is 32.2. The minimum atomic E-state index is -3.28. The molecule has 2 N–H and O–H groups in total. The number of sulfone groups is 1. The van der Waals surface area contributed by atoms with Crippen LogP contribution in [0.4, 0.5) is 0 Å². The third-order valence-electron chi connectivity index (χ3n) is 2.80. The molecule has 0 aliphatic heterocycles. The topological polar surface area (TPSA) is 101 Å². The maximum absolute atomic E-state index is 11.8. The summed E-state index contributed by atoms with van der Waals surface area (Å²) in [5.41, 5.74) is 0.348. The number of aliphatic carboxylic acids is 1. The number of carboxylic acids is 1. The molecule has 21 heavy (non-hydrogen) atoms. The van der Waals surface area contributed by atoms with Crippen LogP contribution in [-0.2, 0) is 14.6 Å². The van der Waals surface area contributed by atoms with Gasteiger partial charge in [-0.05, 0) is 37.1 Å². The van der Waals surface area contributed by atoms with Gasteiger partial charge in [-0.25, -0.2) is 8.42 Å². The summed E-state index contributed by atoms with van der Waals surface area (Å²) in [4.78, 5) is 22.3. The lowest BCUT2D eigenvalue weighted by molar-refractivity contribution is -0.137. The second-order valence-electron chi connectivity index (χ2n) is 4.60. The van der Waals surface area contributed by atoms with Crippen LogP contribution in [0.1, 0.15) is 36.5 Å². The van der Waals surface area contributed by atoms with Gasteiger partial charge >= 0.3 is 5.97 Å². The first-order valence-corrected chi connectivity index (χ1v) is 8.35. The summed E-state index contributed by atoms with van der Waals surface area (Å²) in [6.07, 6.45) is 0.882. The fourth-order valence-corrected chi connectivity index (χ4v) is 3.07. The summed E-state index contributed by atoms with van der Waals surface area (Å²) in [7, 11) is -3.28. The van der Waals surface area contributed by atoms with Crippen molar-refractivity contribution >= 4 is 21.7 Å². The summed E-state index contributed by atoms with van der Waals surface area (Å²) in [5.74, 6) is -1.18. The van der Waals surface area contributed by atoms with Crippen molar-refractivity contribution in [1.29, 1.82) is 0 Å². The van der Waals surface area contributed by atoms with Crippen LogP contribution >= 0.6 is 0 Å². The predicted molar refractivity (Wildman–Crippen MR) is 78.0 cm³/mol. The van der Waals surface area contributed by atoms with E-state index in [-0.39, 0.29) is 29.5 Å². The van der Waals surface area contributed by atoms with Gasteiger partial charge in [0.05, 0.1) is 10.6 Å². The fraction of sp³-hybridized carbons (Fsp3) is 0.429. The van der Waals surface area contributed by atoms with Crippen LogP contribution in [0.5, 0.6) is 0 Å². The number of rotatable bonds is 8. The molecule has 0 unspecified atom stereocenters. The van der Waals surface area contributed by atoms with Crippen molar-refractivity contribution in [2.75, 3.05) is 12.3 Å². The number of benzene rings is 1. The highest BCUT2D eigenvalue weighted by Crippen LogP contribution is 2.13. The number of carboxylic acid groups (broad SMARTS) is 1. The molecule has 6 nitrogen and oxygen atoms in total. The highest BCUT2D eigenvalue weighted by molar-refractivity contribution is 7.91.